The number of halogens is 3. The molecule has 0 unspecified atom stereocenters. The Hall–Kier alpha value is -1.81. The van der Waals surface area contributed by atoms with Crippen LogP contribution < -0.4 is 4.74 Å². The Morgan fingerprint density at radius 2 is 1.21 bits per heavy atom. The van der Waals surface area contributed by atoms with Crippen molar-refractivity contribution in [2.24, 2.45) is 0 Å². The number of rotatable bonds is 6. The van der Waals surface area contributed by atoms with Gasteiger partial charge in [0.1, 0.15) is 5.75 Å². The number of carbonyl (C=O) groups is 2. The molecule has 0 aliphatic rings. The second-order valence-electron chi connectivity index (χ2n) is 6.45. The van der Waals surface area contributed by atoms with Gasteiger partial charge in [-0.2, -0.15) is 0 Å². The van der Waals surface area contributed by atoms with Crippen LogP contribution in [0.1, 0.15) is 26.3 Å². The fourth-order valence-electron chi connectivity index (χ4n) is 2.56. The zero-order valence-electron chi connectivity index (χ0n) is 18.1. The molecule has 0 atom stereocenters. The molecule has 0 amide bonds. The van der Waals surface area contributed by atoms with Crippen molar-refractivity contribution < 1.29 is 23.8 Å². The van der Waals surface area contributed by atoms with Gasteiger partial charge in [0.05, 0.1) is 32.5 Å². The zero-order valence-corrected chi connectivity index (χ0v) is 23.6. The van der Waals surface area contributed by atoms with E-state index in [1.54, 1.807) is 37.1 Å². The molecule has 0 saturated heterocycles. The van der Waals surface area contributed by atoms with Gasteiger partial charge in [-0.1, -0.05) is 59.9 Å². The summed E-state index contributed by atoms with van der Waals surface area (Å²) < 4.78 is 17.0. The van der Waals surface area contributed by atoms with Crippen molar-refractivity contribution in [3.63, 3.8) is 0 Å². The third kappa shape index (κ3) is 9.16. The first-order valence-electron chi connectivity index (χ1n) is 9.44. The van der Waals surface area contributed by atoms with Crippen LogP contribution in [0.2, 0.25) is 0 Å². The molecule has 0 saturated carbocycles. The molecule has 5 nitrogen and oxygen atoms in total. The third-order valence-corrected chi connectivity index (χ3v) is 6.56. The van der Waals surface area contributed by atoms with E-state index in [2.05, 4.69) is 52.5 Å². The van der Waals surface area contributed by atoms with E-state index in [4.69, 9.17) is 9.47 Å². The van der Waals surface area contributed by atoms with Gasteiger partial charge in [-0.3, -0.25) is 0 Å². The second kappa shape index (κ2) is 13.8. The highest BCUT2D eigenvalue weighted by Gasteiger charge is 2.09. The molecule has 9 heteroatoms. The van der Waals surface area contributed by atoms with Crippen LogP contribution in [0.5, 0.6) is 5.75 Å². The molecular formula is C24H21Br3O5S. The fraction of sp³-hybridized carbons (Fsp3) is 0.167. The summed E-state index contributed by atoms with van der Waals surface area (Å²) in [6.45, 7) is 0. The molecule has 3 aromatic rings. The smallest absolute Gasteiger partial charge is 0.337 e. The molecule has 0 spiro atoms. The lowest BCUT2D eigenvalue weighted by Crippen LogP contribution is -2.01. The summed E-state index contributed by atoms with van der Waals surface area (Å²) >= 11 is 11.6. The maximum atomic E-state index is 11.6. The van der Waals surface area contributed by atoms with Gasteiger partial charge in [-0.25, -0.2) is 9.59 Å². The molecule has 0 fully saturated rings. The maximum absolute atomic E-state index is 11.6. The van der Waals surface area contributed by atoms with Gasteiger partial charge in [0.25, 0.3) is 0 Å². The zero-order chi connectivity index (χ0) is 24.4. The number of hydrogen-bond donors (Lipinski definition) is 0. The third-order valence-electron chi connectivity index (χ3n) is 4.14. The molecule has 0 aliphatic heterocycles. The Morgan fingerprint density at radius 1 is 0.727 bits per heavy atom. The largest absolute Gasteiger partial charge is 0.497 e. The summed E-state index contributed by atoms with van der Waals surface area (Å²) in [7, 11) is 4.39. The number of esters is 2. The van der Waals surface area contributed by atoms with Crippen molar-refractivity contribution in [3.8, 4) is 5.75 Å². The average molecular weight is 661 g/mol. The number of carbonyl (C=O) groups excluding carboxylic acids is 2. The molecular weight excluding hydrogens is 640 g/mol. The van der Waals surface area contributed by atoms with Gasteiger partial charge < -0.3 is 14.2 Å². The van der Waals surface area contributed by atoms with Crippen LogP contribution >= 0.6 is 59.6 Å². The SMILES string of the molecule is COC(=O)c1cc(Br)cc(Br)c1.COC(=O)c1cc(Br)cc(SCc2ccc(OC)cc2)c1. The van der Waals surface area contributed by atoms with Crippen molar-refractivity contribution in [1.82, 2.24) is 0 Å². The standard InChI is InChI=1S/C16H15BrO3S.C8H6Br2O2/c1-19-14-5-3-11(4-6-14)10-21-15-8-12(16(18)20-2)7-13(17)9-15;1-12-8(11)5-2-6(9)4-7(10)3-5/h3-9H,10H2,1-2H3;2-4H,1H3. The van der Waals surface area contributed by atoms with E-state index in [-0.39, 0.29) is 11.9 Å². The Balaban J connectivity index is 0.000000273. The topological polar surface area (TPSA) is 61.8 Å². The van der Waals surface area contributed by atoms with Crippen LogP contribution in [-0.2, 0) is 15.2 Å². The van der Waals surface area contributed by atoms with Crippen LogP contribution in [0, 0.1) is 0 Å². The molecule has 0 aromatic heterocycles. The van der Waals surface area contributed by atoms with Gasteiger partial charge in [-0.05, 0) is 54.1 Å². The number of thioether (sulfide) groups is 1. The van der Waals surface area contributed by atoms with Gasteiger partial charge in [0.2, 0.25) is 0 Å². The van der Waals surface area contributed by atoms with E-state index < -0.39 is 0 Å². The monoisotopic (exact) mass is 658 g/mol. The quantitative estimate of drug-likeness (QED) is 0.201. The molecule has 3 rings (SSSR count). The highest BCUT2D eigenvalue weighted by atomic mass is 79.9. The number of methoxy groups -OCH3 is 3. The molecule has 174 valence electrons. The van der Waals surface area contributed by atoms with Crippen LogP contribution in [0.15, 0.2) is 79.0 Å². The Kier molecular flexibility index (Phi) is 11.5. The van der Waals surface area contributed by atoms with Crippen molar-refractivity contribution >= 4 is 71.5 Å². The van der Waals surface area contributed by atoms with E-state index in [1.165, 1.54) is 19.8 Å². The summed E-state index contributed by atoms with van der Waals surface area (Å²) in [6, 6.07) is 18.8. The van der Waals surface area contributed by atoms with Crippen LogP contribution in [0.25, 0.3) is 0 Å². The maximum Gasteiger partial charge on any atom is 0.337 e. The molecule has 0 radical (unpaired) electrons. The van der Waals surface area contributed by atoms with E-state index in [0.717, 1.165) is 29.8 Å². The number of benzene rings is 3. The van der Waals surface area contributed by atoms with Crippen LogP contribution in [0.4, 0.5) is 0 Å². The van der Waals surface area contributed by atoms with Gasteiger partial charge in [0.15, 0.2) is 0 Å². The van der Waals surface area contributed by atoms with Gasteiger partial charge in [0, 0.05) is 24.1 Å². The Bertz CT molecular complexity index is 1080. The Morgan fingerprint density at radius 3 is 1.70 bits per heavy atom. The second-order valence-corrected chi connectivity index (χ2v) is 10.2. The van der Waals surface area contributed by atoms with Crippen molar-refractivity contribution in [2.45, 2.75) is 10.6 Å². The lowest BCUT2D eigenvalue weighted by Gasteiger charge is -2.06. The minimum Gasteiger partial charge on any atom is -0.497 e. The normalized spacial score (nSPS) is 10.0. The Labute approximate surface area is 222 Å². The van der Waals surface area contributed by atoms with Crippen molar-refractivity contribution in [3.05, 3.63) is 90.8 Å². The van der Waals surface area contributed by atoms with E-state index in [9.17, 15) is 9.59 Å². The number of ether oxygens (including phenoxy) is 3. The summed E-state index contributed by atoms with van der Waals surface area (Å²) in [6.07, 6.45) is 0. The van der Waals surface area contributed by atoms with E-state index in [0.29, 0.717) is 11.1 Å². The van der Waals surface area contributed by atoms with Crippen molar-refractivity contribution in [2.75, 3.05) is 21.3 Å². The first-order chi connectivity index (χ1) is 15.7. The summed E-state index contributed by atoms with van der Waals surface area (Å²) in [4.78, 5) is 23.7. The minimum atomic E-state index is -0.336. The molecule has 0 N–H and O–H groups in total. The van der Waals surface area contributed by atoms with E-state index >= 15 is 0 Å². The lowest BCUT2D eigenvalue weighted by atomic mass is 10.2. The minimum absolute atomic E-state index is 0.331. The molecule has 0 bridgehead atoms. The summed E-state index contributed by atoms with van der Waals surface area (Å²) in [5.41, 5.74) is 2.27. The first kappa shape index (κ1) is 27.4. The van der Waals surface area contributed by atoms with Crippen LogP contribution in [0.3, 0.4) is 0 Å². The predicted molar refractivity (Wildman–Crippen MR) is 141 cm³/mol. The van der Waals surface area contributed by atoms with Gasteiger partial charge >= 0.3 is 11.9 Å². The highest BCUT2D eigenvalue weighted by Crippen LogP contribution is 2.28. The van der Waals surface area contributed by atoms with E-state index in [1.807, 2.05) is 42.5 Å². The summed E-state index contributed by atoms with van der Waals surface area (Å²) in [5.74, 6) is 1.000. The fourth-order valence-corrected chi connectivity index (χ4v) is 5.44. The molecule has 33 heavy (non-hydrogen) atoms. The molecule has 0 aliphatic carbocycles. The van der Waals surface area contributed by atoms with Gasteiger partial charge in [-0.15, -0.1) is 11.8 Å². The summed E-state index contributed by atoms with van der Waals surface area (Å²) in [5, 5.41) is 0. The van der Waals surface area contributed by atoms with Crippen LogP contribution in [-0.4, -0.2) is 33.3 Å². The van der Waals surface area contributed by atoms with Crippen molar-refractivity contribution in [1.29, 1.82) is 0 Å². The molecule has 0 heterocycles. The predicted octanol–water partition coefficient (Wildman–Crippen LogP) is 7.53. The molecule has 3 aromatic carbocycles. The first-order valence-corrected chi connectivity index (χ1v) is 12.8. The number of hydrogen-bond acceptors (Lipinski definition) is 6. The average Bonchev–Trinajstić information content (AvgIpc) is 2.81. The lowest BCUT2D eigenvalue weighted by molar-refractivity contribution is 0.0591. The highest BCUT2D eigenvalue weighted by molar-refractivity contribution is 9.11.